The number of thiophene rings is 1. The summed E-state index contributed by atoms with van der Waals surface area (Å²) in [5.74, 6) is -0.816. The van der Waals surface area contributed by atoms with E-state index in [1.807, 2.05) is 18.4 Å². The van der Waals surface area contributed by atoms with Gasteiger partial charge < -0.3 is 14.6 Å². The molecule has 6 nitrogen and oxygen atoms in total. The Kier molecular flexibility index (Phi) is 6.74. The Hall–Kier alpha value is -2.41. The number of esters is 1. The fourth-order valence-electron chi connectivity index (χ4n) is 2.91. The van der Waals surface area contributed by atoms with E-state index in [0.717, 1.165) is 6.42 Å². The Balaban J connectivity index is 2.24. The average molecular weight is 376 g/mol. The largest absolute Gasteiger partial charge is 0.461 e. The first-order chi connectivity index (χ1) is 12.4. The van der Waals surface area contributed by atoms with Crippen LogP contribution in [0.15, 0.2) is 17.5 Å². The van der Waals surface area contributed by atoms with Gasteiger partial charge in [0.2, 0.25) is 0 Å². The van der Waals surface area contributed by atoms with Crippen LogP contribution in [-0.4, -0.2) is 47.2 Å². The molecule has 0 aliphatic rings. The molecule has 0 spiro atoms. The number of aromatic nitrogens is 1. The summed E-state index contributed by atoms with van der Waals surface area (Å²) in [4.78, 5) is 42.6. The van der Waals surface area contributed by atoms with Crippen molar-refractivity contribution in [1.29, 1.82) is 0 Å². The maximum atomic E-state index is 12.9. The number of ketones is 1. The second-order valence-electron chi connectivity index (χ2n) is 5.97. The van der Waals surface area contributed by atoms with Gasteiger partial charge in [-0.1, -0.05) is 13.0 Å². The van der Waals surface area contributed by atoms with Gasteiger partial charge in [-0.3, -0.25) is 9.59 Å². The number of rotatable bonds is 8. The zero-order valence-electron chi connectivity index (χ0n) is 15.5. The maximum Gasteiger partial charge on any atom is 0.355 e. The van der Waals surface area contributed by atoms with Crippen molar-refractivity contribution in [3.63, 3.8) is 0 Å². The number of aromatic amines is 1. The van der Waals surface area contributed by atoms with Gasteiger partial charge >= 0.3 is 5.97 Å². The molecule has 0 aliphatic heterocycles. The number of ether oxygens (including phenoxy) is 1. The van der Waals surface area contributed by atoms with Crippen LogP contribution in [0.4, 0.5) is 0 Å². The van der Waals surface area contributed by atoms with Crippen molar-refractivity contribution in [2.45, 2.75) is 34.1 Å². The lowest BCUT2D eigenvalue weighted by atomic mass is 10.0. The van der Waals surface area contributed by atoms with Gasteiger partial charge in [0.1, 0.15) is 5.69 Å². The summed E-state index contributed by atoms with van der Waals surface area (Å²) in [7, 11) is 0. The monoisotopic (exact) mass is 376 g/mol. The highest BCUT2D eigenvalue weighted by Crippen LogP contribution is 2.21. The van der Waals surface area contributed by atoms with E-state index in [0.29, 0.717) is 33.9 Å². The average Bonchev–Trinajstić information content (AvgIpc) is 3.22. The van der Waals surface area contributed by atoms with E-state index in [4.69, 9.17) is 4.74 Å². The van der Waals surface area contributed by atoms with E-state index < -0.39 is 5.97 Å². The second kappa shape index (κ2) is 8.80. The molecule has 26 heavy (non-hydrogen) atoms. The van der Waals surface area contributed by atoms with Crippen molar-refractivity contribution < 1.29 is 19.1 Å². The molecule has 2 aromatic rings. The van der Waals surface area contributed by atoms with Crippen LogP contribution in [0.1, 0.15) is 62.0 Å². The normalized spacial score (nSPS) is 10.6. The number of carbonyl (C=O) groups excluding carboxylic acids is 3. The van der Waals surface area contributed by atoms with Gasteiger partial charge in [-0.25, -0.2) is 4.79 Å². The first-order valence-corrected chi connectivity index (χ1v) is 9.50. The van der Waals surface area contributed by atoms with E-state index in [-0.39, 0.29) is 24.8 Å². The first kappa shape index (κ1) is 19.9. The molecule has 0 aliphatic carbocycles. The molecule has 0 fully saturated rings. The molecule has 2 rings (SSSR count). The van der Waals surface area contributed by atoms with Crippen molar-refractivity contribution in [2.75, 3.05) is 19.7 Å². The van der Waals surface area contributed by atoms with Crippen molar-refractivity contribution in [3.8, 4) is 0 Å². The van der Waals surface area contributed by atoms with Crippen molar-refractivity contribution in [3.05, 3.63) is 44.9 Å². The fourth-order valence-corrected chi connectivity index (χ4v) is 3.60. The van der Waals surface area contributed by atoms with Crippen LogP contribution in [0.5, 0.6) is 0 Å². The predicted octanol–water partition coefficient (Wildman–Crippen LogP) is 3.60. The Morgan fingerprint density at radius 1 is 1.23 bits per heavy atom. The SMILES string of the molecule is CCCN(CC(=O)c1c(C)[nH]c(C(=O)OCC)c1C)C(=O)c1cccs1. The minimum Gasteiger partial charge on any atom is -0.461 e. The van der Waals surface area contributed by atoms with Gasteiger partial charge in [0, 0.05) is 17.8 Å². The third-order valence-electron chi connectivity index (χ3n) is 4.04. The number of H-pyrrole nitrogens is 1. The third kappa shape index (κ3) is 4.22. The van der Waals surface area contributed by atoms with Crippen LogP contribution in [0, 0.1) is 13.8 Å². The molecule has 7 heteroatoms. The summed E-state index contributed by atoms with van der Waals surface area (Å²) in [5.41, 5.74) is 1.91. The second-order valence-corrected chi connectivity index (χ2v) is 6.92. The molecule has 2 heterocycles. The number of nitrogens with zero attached hydrogens (tertiary/aromatic N) is 1. The number of carbonyl (C=O) groups is 3. The standard InChI is InChI=1S/C19H24N2O4S/c1-5-9-21(18(23)15-8-7-10-26-15)11-14(22)16-12(3)17(20-13(16)4)19(24)25-6-2/h7-8,10,20H,5-6,9,11H2,1-4H3. The van der Waals surface area contributed by atoms with Crippen molar-refractivity contribution in [2.24, 2.45) is 0 Å². The molecule has 0 saturated heterocycles. The molecule has 0 radical (unpaired) electrons. The van der Waals surface area contributed by atoms with Gasteiger partial charge in [0.15, 0.2) is 5.78 Å². The molecule has 0 saturated carbocycles. The van der Waals surface area contributed by atoms with E-state index in [9.17, 15) is 14.4 Å². The molecular formula is C19H24N2O4S. The number of amides is 1. The lowest BCUT2D eigenvalue weighted by Gasteiger charge is -2.21. The van der Waals surface area contributed by atoms with Crippen LogP contribution in [0.3, 0.4) is 0 Å². The Morgan fingerprint density at radius 2 is 1.96 bits per heavy atom. The molecule has 0 bridgehead atoms. The third-order valence-corrected chi connectivity index (χ3v) is 4.90. The minimum absolute atomic E-state index is 0.0215. The van der Waals surface area contributed by atoms with E-state index in [2.05, 4.69) is 4.98 Å². The predicted molar refractivity (Wildman–Crippen MR) is 101 cm³/mol. The van der Waals surface area contributed by atoms with E-state index in [1.165, 1.54) is 11.3 Å². The summed E-state index contributed by atoms with van der Waals surface area (Å²) >= 11 is 1.36. The summed E-state index contributed by atoms with van der Waals surface area (Å²) in [6.07, 6.45) is 0.754. The smallest absolute Gasteiger partial charge is 0.355 e. The molecule has 0 aromatic carbocycles. The summed E-state index contributed by atoms with van der Waals surface area (Å²) < 4.78 is 5.02. The Labute approximate surface area is 157 Å². The number of Topliss-reactive ketones (excluding diaryl/α,β-unsaturated/α-hetero) is 1. The van der Waals surface area contributed by atoms with Gasteiger partial charge in [0.05, 0.1) is 18.0 Å². The molecule has 1 N–H and O–H groups in total. The number of hydrogen-bond acceptors (Lipinski definition) is 5. The van der Waals surface area contributed by atoms with Crippen LogP contribution in [-0.2, 0) is 4.74 Å². The van der Waals surface area contributed by atoms with Crippen LogP contribution >= 0.6 is 11.3 Å². The van der Waals surface area contributed by atoms with Crippen molar-refractivity contribution in [1.82, 2.24) is 9.88 Å². The zero-order valence-corrected chi connectivity index (χ0v) is 16.4. The van der Waals surface area contributed by atoms with Gasteiger partial charge in [-0.2, -0.15) is 0 Å². The maximum absolute atomic E-state index is 12.9. The zero-order chi connectivity index (χ0) is 19.3. The lowest BCUT2D eigenvalue weighted by Crippen LogP contribution is -2.36. The summed E-state index contributed by atoms with van der Waals surface area (Å²) in [5, 5.41) is 1.84. The van der Waals surface area contributed by atoms with Crippen LogP contribution in [0.25, 0.3) is 0 Å². The minimum atomic E-state index is -0.479. The molecule has 0 atom stereocenters. The highest BCUT2D eigenvalue weighted by Gasteiger charge is 2.26. The molecule has 1 amide bonds. The van der Waals surface area contributed by atoms with E-state index >= 15 is 0 Å². The molecular weight excluding hydrogens is 352 g/mol. The molecule has 0 unspecified atom stereocenters. The van der Waals surface area contributed by atoms with Gasteiger partial charge in [-0.15, -0.1) is 11.3 Å². The highest BCUT2D eigenvalue weighted by atomic mass is 32.1. The fraction of sp³-hybridized carbons (Fsp3) is 0.421. The Morgan fingerprint density at radius 3 is 2.54 bits per heavy atom. The lowest BCUT2D eigenvalue weighted by molar-refractivity contribution is 0.0519. The number of hydrogen-bond donors (Lipinski definition) is 1. The van der Waals surface area contributed by atoms with E-state index in [1.54, 1.807) is 31.7 Å². The number of nitrogens with one attached hydrogen (secondary N) is 1. The topological polar surface area (TPSA) is 79.5 Å². The van der Waals surface area contributed by atoms with Crippen LogP contribution in [0.2, 0.25) is 0 Å². The van der Waals surface area contributed by atoms with Crippen LogP contribution < -0.4 is 0 Å². The quantitative estimate of drug-likeness (QED) is 0.564. The van der Waals surface area contributed by atoms with Gasteiger partial charge in [0.25, 0.3) is 5.91 Å². The molecule has 140 valence electrons. The first-order valence-electron chi connectivity index (χ1n) is 8.62. The highest BCUT2D eigenvalue weighted by molar-refractivity contribution is 7.12. The Bertz CT molecular complexity index is 793. The molecule has 2 aromatic heterocycles. The summed E-state index contributed by atoms with van der Waals surface area (Å²) in [6.45, 7) is 7.89. The number of aryl methyl sites for hydroxylation is 1. The van der Waals surface area contributed by atoms with Gasteiger partial charge in [-0.05, 0) is 44.2 Å². The van der Waals surface area contributed by atoms with Crippen molar-refractivity contribution >= 4 is 29.0 Å². The summed E-state index contributed by atoms with van der Waals surface area (Å²) in [6, 6.07) is 3.57.